The number of nitrogens with one attached hydrogen (secondary N) is 1. The lowest BCUT2D eigenvalue weighted by Crippen LogP contribution is -2.15. The summed E-state index contributed by atoms with van der Waals surface area (Å²) in [5.74, 6) is 0.337. The predicted molar refractivity (Wildman–Crippen MR) is 107 cm³/mol. The van der Waals surface area contributed by atoms with E-state index in [9.17, 15) is 23.3 Å². The number of hydrogen-bond acceptors (Lipinski definition) is 8. The number of nitro benzene ring substituents is 1. The first-order valence-electron chi connectivity index (χ1n) is 8.52. The third-order valence-corrected chi connectivity index (χ3v) is 5.84. The number of rotatable bonds is 5. The lowest BCUT2D eigenvalue weighted by molar-refractivity contribution is -0.384. The molecule has 4 rings (SSSR count). The summed E-state index contributed by atoms with van der Waals surface area (Å²) >= 11 is 0. The highest BCUT2D eigenvalue weighted by Gasteiger charge is 2.30. The van der Waals surface area contributed by atoms with Crippen molar-refractivity contribution in [1.29, 1.82) is 0 Å². The lowest BCUT2D eigenvalue weighted by Gasteiger charge is -2.13. The number of benzene rings is 2. The van der Waals surface area contributed by atoms with Crippen molar-refractivity contribution in [2.45, 2.75) is 11.8 Å². The molecule has 2 heterocycles. The van der Waals surface area contributed by atoms with Crippen molar-refractivity contribution in [1.82, 2.24) is 0 Å². The molecule has 0 saturated carbocycles. The fraction of sp³-hybridized carbons (Fsp3) is 0.105. The third-order valence-electron chi connectivity index (χ3n) is 4.42. The maximum Gasteiger partial charge on any atom is 0.269 e. The fourth-order valence-corrected chi connectivity index (χ4v) is 4.54. The number of methoxy groups -OCH3 is 1. The minimum absolute atomic E-state index is 0.0407. The first-order valence-corrected chi connectivity index (χ1v) is 10.00. The summed E-state index contributed by atoms with van der Waals surface area (Å²) in [7, 11) is -2.98. The van der Waals surface area contributed by atoms with Crippen LogP contribution in [0.4, 0.5) is 11.4 Å². The Morgan fingerprint density at radius 3 is 2.47 bits per heavy atom. The summed E-state index contributed by atoms with van der Waals surface area (Å²) in [6.45, 7) is 1.51. The van der Waals surface area contributed by atoms with Crippen LogP contribution in [0.1, 0.15) is 5.76 Å². The smallest absolute Gasteiger partial charge is 0.269 e. The number of nitrogens with zero attached hydrogens (tertiary/aromatic N) is 1. The van der Waals surface area contributed by atoms with Crippen LogP contribution in [0.15, 0.2) is 61.2 Å². The molecule has 1 N–H and O–H groups in total. The van der Waals surface area contributed by atoms with Gasteiger partial charge in [0, 0.05) is 23.9 Å². The van der Waals surface area contributed by atoms with E-state index < -0.39 is 20.4 Å². The second kappa shape index (κ2) is 6.88. The highest BCUT2D eigenvalue weighted by molar-refractivity contribution is 7.93. The molecule has 0 spiro atoms. The molecule has 0 fully saturated rings. The topological polar surface area (TPSA) is 142 Å². The summed E-state index contributed by atoms with van der Waals surface area (Å²) in [6, 6.07) is 7.55. The first kappa shape index (κ1) is 19.5. The molecule has 0 aliphatic heterocycles. The van der Waals surface area contributed by atoms with Crippen molar-refractivity contribution < 1.29 is 26.9 Å². The van der Waals surface area contributed by atoms with E-state index in [4.69, 9.17) is 13.6 Å². The molecule has 30 heavy (non-hydrogen) atoms. The summed E-state index contributed by atoms with van der Waals surface area (Å²) < 4.78 is 45.2. The van der Waals surface area contributed by atoms with E-state index in [1.165, 1.54) is 44.6 Å². The van der Waals surface area contributed by atoms with Crippen molar-refractivity contribution >= 4 is 43.3 Å². The van der Waals surface area contributed by atoms with Crippen molar-refractivity contribution in [3.05, 3.63) is 68.8 Å². The Morgan fingerprint density at radius 1 is 1.13 bits per heavy atom. The fourth-order valence-electron chi connectivity index (χ4n) is 3.20. The van der Waals surface area contributed by atoms with Gasteiger partial charge >= 0.3 is 0 Å². The number of nitro groups is 1. The van der Waals surface area contributed by atoms with Gasteiger partial charge in [0.1, 0.15) is 16.9 Å². The Hall–Kier alpha value is -3.86. The van der Waals surface area contributed by atoms with E-state index in [2.05, 4.69) is 4.72 Å². The average Bonchev–Trinajstić information content (AvgIpc) is 3.14. The number of ether oxygens (including phenoxy) is 1. The summed E-state index contributed by atoms with van der Waals surface area (Å²) in [5.41, 5.74) is -0.848. The average molecular weight is 430 g/mol. The molecule has 0 unspecified atom stereocenters. The van der Waals surface area contributed by atoms with Gasteiger partial charge in [-0.1, -0.05) is 0 Å². The Bertz CT molecular complexity index is 1470. The van der Waals surface area contributed by atoms with E-state index in [1.807, 2.05) is 0 Å². The van der Waals surface area contributed by atoms with Crippen LogP contribution in [0.2, 0.25) is 0 Å². The molecule has 10 nitrogen and oxygen atoms in total. The van der Waals surface area contributed by atoms with Crippen LogP contribution in [0.3, 0.4) is 0 Å². The Morgan fingerprint density at radius 2 is 1.83 bits per heavy atom. The van der Waals surface area contributed by atoms with Gasteiger partial charge in [0.25, 0.3) is 15.7 Å². The second-order valence-electron chi connectivity index (χ2n) is 6.36. The normalized spacial score (nSPS) is 11.7. The number of hydrogen-bond donors (Lipinski definition) is 1. The molecule has 4 aromatic rings. The van der Waals surface area contributed by atoms with Crippen molar-refractivity contribution in [2.75, 3.05) is 11.8 Å². The van der Waals surface area contributed by atoms with E-state index in [0.29, 0.717) is 0 Å². The quantitative estimate of drug-likeness (QED) is 0.374. The predicted octanol–water partition coefficient (Wildman–Crippen LogP) is 3.57. The molecule has 0 aliphatic rings. The minimum Gasteiger partial charge on any atom is -0.495 e. The van der Waals surface area contributed by atoms with Crippen LogP contribution in [-0.2, 0) is 10.0 Å². The highest BCUT2D eigenvalue weighted by atomic mass is 32.2. The largest absolute Gasteiger partial charge is 0.495 e. The number of non-ortho nitro benzene ring substituents is 1. The number of sulfonamides is 1. The zero-order valence-corrected chi connectivity index (χ0v) is 16.5. The zero-order valence-electron chi connectivity index (χ0n) is 15.7. The standard InChI is InChI=1S/C19H14N2O8S/c1-10-9-14(22)15-16(27-2)13-7-8-28-17(13)19(18(15)29-10)30(25,26)20-11-3-5-12(6-4-11)21(23)24/h3-9,20H,1-2H3. The molecule has 0 atom stereocenters. The molecule has 0 bridgehead atoms. The second-order valence-corrected chi connectivity index (χ2v) is 7.98. The molecule has 0 saturated heterocycles. The van der Waals surface area contributed by atoms with Crippen LogP contribution in [0.25, 0.3) is 21.9 Å². The molecule has 0 aliphatic carbocycles. The first-order chi connectivity index (χ1) is 14.2. The van der Waals surface area contributed by atoms with Crippen molar-refractivity contribution in [2.24, 2.45) is 0 Å². The van der Waals surface area contributed by atoms with Crippen LogP contribution >= 0.6 is 0 Å². The van der Waals surface area contributed by atoms with Gasteiger partial charge in [-0.25, -0.2) is 8.42 Å². The van der Waals surface area contributed by atoms with Gasteiger partial charge in [0.05, 0.1) is 23.7 Å². The van der Waals surface area contributed by atoms with Crippen LogP contribution in [0.5, 0.6) is 5.75 Å². The molecule has 2 aromatic heterocycles. The number of anilines is 1. The third kappa shape index (κ3) is 3.05. The van der Waals surface area contributed by atoms with E-state index in [-0.39, 0.29) is 49.7 Å². The van der Waals surface area contributed by atoms with E-state index in [1.54, 1.807) is 0 Å². The maximum absolute atomic E-state index is 13.3. The van der Waals surface area contributed by atoms with E-state index >= 15 is 0 Å². The van der Waals surface area contributed by atoms with Crippen LogP contribution in [-0.4, -0.2) is 20.5 Å². The molecular formula is C19H14N2O8S. The van der Waals surface area contributed by atoms with Crippen LogP contribution < -0.4 is 14.9 Å². The maximum atomic E-state index is 13.3. The van der Waals surface area contributed by atoms with E-state index in [0.717, 1.165) is 12.1 Å². The van der Waals surface area contributed by atoms with Gasteiger partial charge in [0.2, 0.25) is 0 Å². The Kier molecular flexibility index (Phi) is 4.46. The Labute approximate surface area is 168 Å². The molecule has 2 aromatic carbocycles. The van der Waals surface area contributed by atoms with Crippen molar-refractivity contribution in [3.8, 4) is 5.75 Å². The van der Waals surface area contributed by atoms with Gasteiger partial charge in [0.15, 0.2) is 21.5 Å². The summed E-state index contributed by atoms with van der Waals surface area (Å²) in [4.78, 5) is 22.5. The summed E-state index contributed by atoms with van der Waals surface area (Å²) in [5, 5.41) is 11.0. The zero-order chi connectivity index (χ0) is 21.6. The lowest BCUT2D eigenvalue weighted by atomic mass is 10.1. The number of furan rings is 1. The molecule has 11 heteroatoms. The molecule has 0 amide bonds. The molecular weight excluding hydrogens is 416 g/mol. The SMILES string of the molecule is COc1c2ccoc2c(S(=O)(=O)Nc2ccc([N+](=O)[O-])cc2)c2oc(C)cc(=O)c12. The van der Waals surface area contributed by atoms with Crippen molar-refractivity contribution in [3.63, 3.8) is 0 Å². The Balaban J connectivity index is 2.00. The van der Waals surface area contributed by atoms with Gasteiger partial charge in [-0.2, -0.15) is 0 Å². The molecule has 154 valence electrons. The highest BCUT2D eigenvalue weighted by Crippen LogP contribution is 2.40. The molecule has 0 radical (unpaired) electrons. The van der Waals surface area contributed by atoms with Gasteiger partial charge in [-0.05, 0) is 25.1 Å². The number of fused-ring (bicyclic) bond motifs is 2. The summed E-state index contributed by atoms with van der Waals surface area (Å²) in [6.07, 6.45) is 1.27. The van der Waals surface area contributed by atoms with Gasteiger partial charge < -0.3 is 13.6 Å². The van der Waals surface area contributed by atoms with Gasteiger partial charge in [-0.3, -0.25) is 19.6 Å². The van der Waals surface area contributed by atoms with Crippen LogP contribution in [0, 0.1) is 17.0 Å². The number of aryl methyl sites for hydroxylation is 1. The monoisotopic (exact) mass is 430 g/mol. The van der Waals surface area contributed by atoms with Gasteiger partial charge in [-0.15, -0.1) is 0 Å². The minimum atomic E-state index is -4.33.